The summed E-state index contributed by atoms with van der Waals surface area (Å²) in [6.07, 6.45) is 4.97. The molecule has 18 heavy (non-hydrogen) atoms. The van der Waals surface area contributed by atoms with Gasteiger partial charge in [0.1, 0.15) is 11.5 Å². The molecule has 92 valence electrons. The third kappa shape index (κ3) is 1.74. The molecule has 0 bridgehead atoms. The average Bonchev–Trinajstić information content (AvgIpc) is 2.77. The molecule has 0 spiro atoms. The Bertz CT molecular complexity index is 619. The van der Waals surface area contributed by atoms with E-state index in [9.17, 15) is 0 Å². The molecule has 2 aromatic rings. The zero-order valence-electron chi connectivity index (χ0n) is 10.7. The van der Waals surface area contributed by atoms with Gasteiger partial charge >= 0.3 is 0 Å². The molecule has 0 atom stereocenters. The predicted octanol–water partition coefficient (Wildman–Crippen LogP) is 2.23. The lowest BCUT2D eigenvalue weighted by Gasteiger charge is -2.08. The molecule has 0 fully saturated rings. The van der Waals surface area contributed by atoms with Gasteiger partial charge in [-0.25, -0.2) is 9.97 Å². The van der Waals surface area contributed by atoms with Crippen LogP contribution in [0, 0.1) is 13.8 Å². The number of anilines is 1. The highest BCUT2D eigenvalue weighted by Crippen LogP contribution is 2.27. The van der Waals surface area contributed by atoms with Crippen LogP contribution in [0.4, 0.5) is 5.82 Å². The Morgan fingerprint density at radius 3 is 2.78 bits per heavy atom. The molecule has 1 aliphatic carbocycles. The van der Waals surface area contributed by atoms with Crippen molar-refractivity contribution in [3.8, 4) is 11.5 Å². The van der Waals surface area contributed by atoms with E-state index in [1.54, 1.807) is 0 Å². The summed E-state index contributed by atoms with van der Waals surface area (Å²) in [5.41, 5.74) is 11.3. The van der Waals surface area contributed by atoms with Gasteiger partial charge in [0.2, 0.25) is 0 Å². The average molecular weight is 240 g/mol. The molecule has 1 aliphatic rings. The number of pyridine rings is 1. The molecule has 0 aliphatic heterocycles. The molecule has 0 aromatic carbocycles. The SMILES string of the molecule is Cc1cnc(-c2nc(N)c3c(n2)CCC3)c(C)c1. The second kappa shape index (κ2) is 4.05. The number of hydrogen-bond acceptors (Lipinski definition) is 4. The number of nitrogens with two attached hydrogens (primary N) is 1. The van der Waals surface area contributed by atoms with Gasteiger partial charge in [-0.1, -0.05) is 6.07 Å². The van der Waals surface area contributed by atoms with Crippen LogP contribution in [0.5, 0.6) is 0 Å². The minimum atomic E-state index is 0.620. The lowest BCUT2D eigenvalue weighted by molar-refractivity contribution is 0.899. The second-order valence-corrected chi connectivity index (χ2v) is 4.89. The number of aryl methyl sites for hydroxylation is 3. The highest BCUT2D eigenvalue weighted by Gasteiger charge is 2.19. The largest absolute Gasteiger partial charge is 0.383 e. The van der Waals surface area contributed by atoms with Crippen molar-refractivity contribution in [3.05, 3.63) is 34.6 Å². The second-order valence-electron chi connectivity index (χ2n) is 4.89. The normalized spacial score (nSPS) is 13.7. The summed E-state index contributed by atoms with van der Waals surface area (Å²) < 4.78 is 0. The van der Waals surface area contributed by atoms with Crippen LogP contribution in [0.2, 0.25) is 0 Å². The van der Waals surface area contributed by atoms with Crippen molar-refractivity contribution in [2.45, 2.75) is 33.1 Å². The Balaban J connectivity index is 2.15. The quantitative estimate of drug-likeness (QED) is 0.830. The van der Waals surface area contributed by atoms with Crippen LogP contribution in [0.15, 0.2) is 12.3 Å². The number of nitrogen functional groups attached to an aromatic ring is 1. The molecular weight excluding hydrogens is 224 g/mol. The lowest BCUT2D eigenvalue weighted by atomic mass is 10.1. The van der Waals surface area contributed by atoms with Crippen molar-refractivity contribution < 1.29 is 0 Å². The van der Waals surface area contributed by atoms with Gasteiger partial charge in [-0.2, -0.15) is 0 Å². The van der Waals surface area contributed by atoms with E-state index in [1.165, 1.54) is 0 Å². The van der Waals surface area contributed by atoms with Gasteiger partial charge in [-0.15, -0.1) is 0 Å². The Morgan fingerprint density at radius 2 is 2.00 bits per heavy atom. The first-order valence-electron chi connectivity index (χ1n) is 6.24. The first kappa shape index (κ1) is 11.1. The van der Waals surface area contributed by atoms with Crippen LogP contribution in [0.1, 0.15) is 28.8 Å². The van der Waals surface area contributed by atoms with E-state index in [1.807, 2.05) is 20.0 Å². The fourth-order valence-corrected chi connectivity index (χ4v) is 2.52. The highest BCUT2D eigenvalue weighted by molar-refractivity contribution is 5.59. The third-order valence-electron chi connectivity index (χ3n) is 3.39. The molecule has 4 nitrogen and oxygen atoms in total. The van der Waals surface area contributed by atoms with Crippen LogP contribution >= 0.6 is 0 Å². The van der Waals surface area contributed by atoms with Crippen molar-refractivity contribution in [1.29, 1.82) is 0 Å². The van der Waals surface area contributed by atoms with Crippen molar-refractivity contribution >= 4 is 5.82 Å². The molecular formula is C14H16N4. The molecule has 0 amide bonds. The minimum absolute atomic E-state index is 0.620. The van der Waals surface area contributed by atoms with Gasteiger partial charge in [-0.3, -0.25) is 4.98 Å². The fraction of sp³-hybridized carbons (Fsp3) is 0.357. The molecule has 0 radical (unpaired) electrons. The Kier molecular flexibility index (Phi) is 2.51. The smallest absolute Gasteiger partial charge is 0.180 e. The van der Waals surface area contributed by atoms with Gasteiger partial charge in [-0.05, 0) is 44.2 Å². The van der Waals surface area contributed by atoms with E-state index in [0.717, 1.165) is 47.3 Å². The molecule has 0 saturated heterocycles. The van der Waals surface area contributed by atoms with E-state index in [0.29, 0.717) is 11.6 Å². The van der Waals surface area contributed by atoms with Crippen LogP contribution in [-0.2, 0) is 12.8 Å². The van der Waals surface area contributed by atoms with E-state index in [4.69, 9.17) is 5.73 Å². The van der Waals surface area contributed by atoms with Crippen molar-refractivity contribution in [2.75, 3.05) is 5.73 Å². The maximum atomic E-state index is 6.01. The van der Waals surface area contributed by atoms with Gasteiger partial charge in [0, 0.05) is 17.5 Å². The van der Waals surface area contributed by atoms with E-state index >= 15 is 0 Å². The van der Waals surface area contributed by atoms with Gasteiger partial charge in [0.05, 0.1) is 0 Å². The summed E-state index contributed by atoms with van der Waals surface area (Å²) >= 11 is 0. The van der Waals surface area contributed by atoms with Gasteiger partial charge in [0.15, 0.2) is 5.82 Å². The molecule has 0 unspecified atom stereocenters. The van der Waals surface area contributed by atoms with Crippen LogP contribution in [0.25, 0.3) is 11.5 Å². The molecule has 0 saturated carbocycles. The Morgan fingerprint density at radius 1 is 1.17 bits per heavy atom. The number of rotatable bonds is 1. The van der Waals surface area contributed by atoms with Crippen molar-refractivity contribution in [2.24, 2.45) is 0 Å². The Labute approximate surface area is 106 Å². The van der Waals surface area contributed by atoms with Crippen LogP contribution in [-0.4, -0.2) is 15.0 Å². The number of fused-ring (bicyclic) bond motifs is 1. The molecule has 2 N–H and O–H groups in total. The summed E-state index contributed by atoms with van der Waals surface area (Å²) in [6.45, 7) is 4.06. The molecule has 2 aromatic heterocycles. The summed E-state index contributed by atoms with van der Waals surface area (Å²) in [6, 6.07) is 2.09. The molecule has 2 heterocycles. The summed E-state index contributed by atoms with van der Waals surface area (Å²) in [7, 11) is 0. The van der Waals surface area contributed by atoms with Gasteiger partial charge < -0.3 is 5.73 Å². The molecule has 4 heteroatoms. The fourth-order valence-electron chi connectivity index (χ4n) is 2.52. The lowest BCUT2D eigenvalue weighted by Crippen LogP contribution is -2.04. The van der Waals surface area contributed by atoms with E-state index < -0.39 is 0 Å². The zero-order chi connectivity index (χ0) is 12.7. The van der Waals surface area contributed by atoms with Crippen molar-refractivity contribution in [1.82, 2.24) is 15.0 Å². The standard InChI is InChI=1S/C14H16N4/c1-8-6-9(2)12(16-7-8)14-17-11-5-3-4-10(11)13(15)18-14/h6-7H,3-5H2,1-2H3,(H2,15,17,18). The summed E-state index contributed by atoms with van der Waals surface area (Å²) in [5, 5.41) is 0. The number of aromatic nitrogens is 3. The monoisotopic (exact) mass is 240 g/mol. The highest BCUT2D eigenvalue weighted by atomic mass is 15.0. The Hall–Kier alpha value is -1.97. The summed E-state index contributed by atoms with van der Waals surface area (Å²) in [4.78, 5) is 13.5. The zero-order valence-corrected chi connectivity index (χ0v) is 10.7. The van der Waals surface area contributed by atoms with Crippen molar-refractivity contribution in [3.63, 3.8) is 0 Å². The topological polar surface area (TPSA) is 64.7 Å². The minimum Gasteiger partial charge on any atom is -0.383 e. The molecule has 3 rings (SSSR count). The van der Waals surface area contributed by atoms with E-state index in [2.05, 4.69) is 21.0 Å². The first-order chi connectivity index (χ1) is 8.65. The van der Waals surface area contributed by atoms with Crippen LogP contribution in [0.3, 0.4) is 0 Å². The summed E-state index contributed by atoms with van der Waals surface area (Å²) in [5.74, 6) is 1.28. The predicted molar refractivity (Wildman–Crippen MR) is 71.2 cm³/mol. The first-order valence-corrected chi connectivity index (χ1v) is 6.24. The van der Waals surface area contributed by atoms with E-state index in [-0.39, 0.29) is 0 Å². The maximum absolute atomic E-state index is 6.01. The van der Waals surface area contributed by atoms with Crippen LogP contribution < -0.4 is 5.73 Å². The number of hydrogen-bond donors (Lipinski definition) is 1. The third-order valence-corrected chi connectivity index (χ3v) is 3.39. The van der Waals surface area contributed by atoms with Gasteiger partial charge in [0.25, 0.3) is 0 Å². The maximum Gasteiger partial charge on any atom is 0.180 e. The number of nitrogens with zero attached hydrogens (tertiary/aromatic N) is 3.